The van der Waals surface area contributed by atoms with E-state index >= 15 is 0 Å². The first-order chi connectivity index (χ1) is 20.4. The maximum Gasteiger partial charge on any atom is 0.304 e. The molecule has 10 heteroatoms. The molecule has 1 N–H and O–H groups in total. The van der Waals surface area contributed by atoms with Crippen LogP contribution in [0.2, 0.25) is 0 Å². The van der Waals surface area contributed by atoms with Crippen molar-refractivity contribution in [1.29, 1.82) is 0 Å². The molecule has 2 aliphatic carbocycles. The second-order valence-electron chi connectivity index (χ2n) is 11.8. The highest BCUT2D eigenvalue weighted by Crippen LogP contribution is 2.40. The lowest BCUT2D eigenvalue weighted by Crippen LogP contribution is -2.48. The maximum absolute atomic E-state index is 13.9. The van der Waals surface area contributed by atoms with Crippen molar-refractivity contribution in [3.05, 3.63) is 48.0 Å². The molecule has 2 saturated carbocycles. The monoisotopic (exact) mass is 587 g/mol. The van der Waals surface area contributed by atoms with E-state index in [9.17, 15) is 19.5 Å². The number of hydrogen-bond acceptors (Lipinski definition) is 7. The molecular weight excluding hydrogens is 550 g/mol. The van der Waals surface area contributed by atoms with Crippen LogP contribution in [0.25, 0.3) is 22.4 Å². The Balaban J connectivity index is 1.24. The Kier molecular flexibility index (Phi) is 8.24. The summed E-state index contributed by atoms with van der Waals surface area (Å²) < 4.78 is 0. The van der Waals surface area contributed by atoms with Gasteiger partial charge in [0.1, 0.15) is 5.82 Å². The number of pyridine rings is 1. The third kappa shape index (κ3) is 6.18. The van der Waals surface area contributed by atoms with E-state index in [4.69, 9.17) is 4.98 Å². The Hall–Kier alpha value is -3.79. The number of hydrogen-bond donors (Lipinski definition) is 1. The summed E-state index contributed by atoms with van der Waals surface area (Å²) in [5.74, 6) is -0.247. The molecule has 42 heavy (non-hydrogen) atoms. The van der Waals surface area contributed by atoms with Crippen LogP contribution in [0.3, 0.4) is 0 Å². The van der Waals surface area contributed by atoms with E-state index in [-0.39, 0.29) is 24.3 Å². The van der Waals surface area contributed by atoms with Crippen molar-refractivity contribution in [2.75, 3.05) is 36.5 Å². The molecule has 0 bridgehead atoms. The maximum atomic E-state index is 13.9. The van der Waals surface area contributed by atoms with Gasteiger partial charge in [0.15, 0.2) is 5.13 Å². The lowest BCUT2D eigenvalue weighted by molar-refractivity contribution is -0.141. The molecule has 1 atom stereocenters. The van der Waals surface area contributed by atoms with Crippen molar-refractivity contribution in [1.82, 2.24) is 14.9 Å². The number of carbonyl (C=O) groups excluding carboxylic acids is 2. The third-order valence-corrected chi connectivity index (χ3v) is 9.59. The molecule has 220 valence electrons. The van der Waals surface area contributed by atoms with E-state index < -0.39 is 11.9 Å². The molecule has 1 saturated heterocycles. The van der Waals surface area contributed by atoms with Gasteiger partial charge in [0, 0.05) is 54.8 Å². The third-order valence-electron chi connectivity index (χ3n) is 8.75. The number of aromatic nitrogens is 2. The quantitative estimate of drug-likeness (QED) is 0.342. The van der Waals surface area contributed by atoms with E-state index in [1.807, 2.05) is 59.9 Å². The molecule has 3 fully saturated rings. The van der Waals surface area contributed by atoms with Crippen LogP contribution in [-0.4, -0.2) is 70.5 Å². The summed E-state index contributed by atoms with van der Waals surface area (Å²) in [7, 11) is 1.82. The fraction of sp³-hybridized carbons (Fsp3) is 0.469. The molecule has 1 aromatic carbocycles. The molecule has 0 spiro atoms. The van der Waals surface area contributed by atoms with E-state index in [2.05, 4.69) is 4.98 Å². The van der Waals surface area contributed by atoms with Crippen molar-refractivity contribution >= 4 is 40.1 Å². The number of carboxylic acid groups (broad SMARTS) is 1. The van der Waals surface area contributed by atoms with Gasteiger partial charge in [0.05, 0.1) is 18.7 Å². The normalized spacial score (nSPS) is 18.4. The molecular formula is C32H37N5O4S. The summed E-state index contributed by atoms with van der Waals surface area (Å²) in [6.07, 6.45) is 8.65. The highest BCUT2D eigenvalue weighted by molar-refractivity contribution is 7.14. The predicted molar refractivity (Wildman–Crippen MR) is 163 cm³/mol. The first-order valence-electron chi connectivity index (χ1n) is 14.9. The van der Waals surface area contributed by atoms with Crippen molar-refractivity contribution in [3.63, 3.8) is 0 Å². The molecule has 1 aliphatic heterocycles. The topological polar surface area (TPSA) is 107 Å². The van der Waals surface area contributed by atoms with Gasteiger partial charge in [-0.15, -0.1) is 11.3 Å². The number of nitrogens with zero attached hydrogens (tertiary/aromatic N) is 5. The van der Waals surface area contributed by atoms with Gasteiger partial charge < -0.3 is 14.9 Å². The summed E-state index contributed by atoms with van der Waals surface area (Å²) in [4.78, 5) is 52.9. The van der Waals surface area contributed by atoms with Crippen LogP contribution in [0.15, 0.2) is 48.0 Å². The van der Waals surface area contributed by atoms with E-state index in [1.54, 1.807) is 9.80 Å². The highest BCUT2D eigenvalue weighted by atomic mass is 32.1. The molecule has 3 aliphatic rings. The fourth-order valence-corrected chi connectivity index (χ4v) is 7.13. The summed E-state index contributed by atoms with van der Waals surface area (Å²) in [6.45, 7) is 1.75. The SMILES string of the molecule is CN1CCN(c2ccc(-c3ccccc3-c3csc(N(C(=O)[C@@H](CC(=O)O)CC4CCCC4)C4CC4)n3)cn2)CC1=O. The average Bonchev–Trinajstić information content (AvgIpc) is 3.46. The Morgan fingerprint density at radius 2 is 1.83 bits per heavy atom. The number of carboxylic acids is 1. The van der Waals surface area contributed by atoms with Gasteiger partial charge in [-0.2, -0.15) is 0 Å². The molecule has 3 aromatic rings. The number of likely N-dealkylation sites (N-methyl/N-ethyl adjacent to an activating group) is 1. The molecule has 9 nitrogen and oxygen atoms in total. The summed E-state index contributed by atoms with van der Waals surface area (Å²) in [6, 6.07) is 12.1. The lowest BCUT2D eigenvalue weighted by atomic mass is 9.90. The molecule has 2 aromatic heterocycles. The summed E-state index contributed by atoms with van der Waals surface area (Å²) in [5, 5.41) is 12.2. The minimum absolute atomic E-state index is 0.0864. The van der Waals surface area contributed by atoms with Gasteiger partial charge in [-0.3, -0.25) is 19.3 Å². The van der Waals surface area contributed by atoms with Crippen molar-refractivity contribution < 1.29 is 19.5 Å². The standard InChI is InChI=1S/C32H37N5O4S/c1-35-14-15-36(19-29(35)38)28-13-10-22(18-33-28)25-8-4-5-9-26(25)27-20-42-32(34-27)37(24-11-12-24)31(41)23(17-30(39)40)16-21-6-2-3-7-21/h4-5,8-10,13,18,20-21,23-24H,2-3,6-7,11-12,14-17,19H2,1H3,(H,39,40)/t23-/m1/s1. The number of anilines is 2. The van der Waals surface area contributed by atoms with Crippen LogP contribution in [0.5, 0.6) is 0 Å². The second kappa shape index (κ2) is 12.2. The van der Waals surface area contributed by atoms with Crippen molar-refractivity contribution in [2.24, 2.45) is 11.8 Å². The van der Waals surface area contributed by atoms with Gasteiger partial charge in [0.2, 0.25) is 11.8 Å². The predicted octanol–water partition coefficient (Wildman–Crippen LogP) is 5.32. The van der Waals surface area contributed by atoms with Crippen molar-refractivity contribution in [3.8, 4) is 22.4 Å². The lowest BCUT2D eigenvalue weighted by Gasteiger charge is -2.32. The Morgan fingerprint density at radius 3 is 2.50 bits per heavy atom. The smallest absolute Gasteiger partial charge is 0.304 e. The van der Waals surface area contributed by atoms with Crippen LogP contribution < -0.4 is 9.80 Å². The second-order valence-corrected chi connectivity index (χ2v) is 12.7. The number of piperazine rings is 1. The number of aliphatic carboxylic acids is 1. The first kappa shape index (κ1) is 28.3. The molecule has 3 heterocycles. The minimum atomic E-state index is -0.922. The molecule has 6 rings (SSSR count). The van der Waals surface area contributed by atoms with Crippen LogP contribution in [0.1, 0.15) is 51.4 Å². The van der Waals surface area contributed by atoms with Crippen LogP contribution in [0.4, 0.5) is 10.9 Å². The van der Waals surface area contributed by atoms with Gasteiger partial charge in [-0.25, -0.2) is 9.97 Å². The Bertz CT molecular complexity index is 1450. The number of amides is 2. The zero-order chi connectivity index (χ0) is 29.2. The summed E-state index contributed by atoms with van der Waals surface area (Å²) >= 11 is 1.44. The number of carbonyl (C=O) groups is 3. The van der Waals surface area contributed by atoms with Crippen LogP contribution >= 0.6 is 11.3 Å². The molecule has 0 radical (unpaired) electrons. The van der Waals surface area contributed by atoms with Gasteiger partial charge in [-0.05, 0) is 42.9 Å². The number of benzene rings is 1. The van der Waals surface area contributed by atoms with Crippen LogP contribution in [0, 0.1) is 11.8 Å². The van der Waals surface area contributed by atoms with Gasteiger partial charge in [0.25, 0.3) is 0 Å². The van der Waals surface area contributed by atoms with Crippen molar-refractivity contribution in [2.45, 2.75) is 57.4 Å². The van der Waals surface area contributed by atoms with E-state index in [0.29, 0.717) is 30.6 Å². The zero-order valence-corrected chi connectivity index (χ0v) is 24.8. The number of rotatable bonds is 10. The Morgan fingerprint density at radius 1 is 1.07 bits per heavy atom. The number of thiazole rings is 1. The molecule has 2 amide bonds. The largest absolute Gasteiger partial charge is 0.481 e. The fourth-order valence-electron chi connectivity index (χ4n) is 6.23. The van der Waals surface area contributed by atoms with Gasteiger partial charge in [-0.1, -0.05) is 49.9 Å². The van der Waals surface area contributed by atoms with E-state index in [0.717, 1.165) is 73.3 Å². The minimum Gasteiger partial charge on any atom is -0.481 e. The van der Waals surface area contributed by atoms with E-state index in [1.165, 1.54) is 11.3 Å². The van der Waals surface area contributed by atoms with Crippen LogP contribution in [-0.2, 0) is 14.4 Å². The summed E-state index contributed by atoms with van der Waals surface area (Å²) in [5.41, 5.74) is 3.65. The zero-order valence-electron chi connectivity index (χ0n) is 23.9. The molecule has 0 unspecified atom stereocenters. The highest BCUT2D eigenvalue weighted by Gasteiger charge is 2.40. The first-order valence-corrected chi connectivity index (χ1v) is 15.8. The average molecular weight is 588 g/mol. The van der Waals surface area contributed by atoms with Gasteiger partial charge >= 0.3 is 5.97 Å². The Labute approximate surface area is 250 Å².